The van der Waals surface area contributed by atoms with Gasteiger partial charge in [-0.1, -0.05) is 162 Å². The molecule has 3 N–H and O–H groups in total. The number of aliphatic hydroxyl groups excluding tert-OH is 1. The molecule has 60 heavy (non-hydrogen) atoms. The minimum Gasteiger partial charge on any atom is -0.466 e. The summed E-state index contributed by atoms with van der Waals surface area (Å²) in [7, 11) is 0. The standard InChI is InChI=1S/C51H95N3O6/c1-4-7-10-13-16-17-18-24-32-43-59-49(56)35-29-25-31-42-54(45-47(55)38-40-53-51(58)46-37-39-52-44-46)41-30-23-19-22-28-36-50(57)60-48(33-26-20-14-11-8-5-2)34-27-21-15-12-9-6-3/h37,39,44,47-48,52,55H,4-36,38,40-43,45H2,1-3H3,(H,53,58). The van der Waals surface area contributed by atoms with Crippen LogP contribution in [0.25, 0.3) is 0 Å². The maximum absolute atomic E-state index is 12.9. The SMILES string of the molecule is CCCCCCCCCCCOC(=O)CCCCCN(CCCCCCCC(=O)OC(CCCCCCCC)CCCCCCCC)CC(O)CCNC(=O)c1cc[nH]c1. The van der Waals surface area contributed by atoms with E-state index in [2.05, 4.69) is 36.0 Å². The maximum atomic E-state index is 12.9. The summed E-state index contributed by atoms with van der Waals surface area (Å²) in [5.74, 6) is -0.243. The zero-order chi connectivity index (χ0) is 43.6. The normalized spacial score (nSPS) is 12.0. The Kier molecular flexibility index (Phi) is 38.9. The number of hydrogen-bond donors (Lipinski definition) is 3. The van der Waals surface area contributed by atoms with E-state index in [1.165, 1.54) is 109 Å². The topological polar surface area (TPSA) is 121 Å². The van der Waals surface area contributed by atoms with Crippen molar-refractivity contribution in [1.29, 1.82) is 0 Å². The fourth-order valence-corrected chi connectivity index (χ4v) is 8.00. The van der Waals surface area contributed by atoms with Crippen molar-refractivity contribution >= 4 is 17.8 Å². The Bertz CT molecular complexity index is 1080. The number of amides is 1. The smallest absolute Gasteiger partial charge is 0.306 e. The van der Waals surface area contributed by atoms with Gasteiger partial charge in [-0.15, -0.1) is 0 Å². The van der Waals surface area contributed by atoms with Gasteiger partial charge in [-0.2, -0.15) is 0 Å². The zero-order valence-corrected chi connectivity index (χ0v) is 39.4. The summed E-state index contributed by atoms with van der Waals surface area (Å²) >= 11 is 0. The Morgan fingerprint density at radius 3 is 1.60 bits per heavy atom. The van der Waals surface area contributed by atoms with Gasteiger partial charge in [0.05, 0.1) is 18.3 Å². The highest BCUT2D eigenvalue weighted by molar-refractivity contribution is 5.93. The first-order valence-electron chi connectivity index (χ1n) is 25.6. The Morgan fingerprint density at radius 2 is 1.07 bits per heavy atom. The van der Waals surface area contributed by atoms with Crippen molar-refractivity contribution in [3.8, 4) is 0 Å². The van der Waals surface area contributed by atoms with E-state index in [0.29, 0.717) is 44.5 Å². The number of aromatic amines is 1. The van der Waals surface area contributed by atoms with Gasteiger partial charge in [0.2, 0.25) is 0 Å². The van der Waals surface area contributed by atoms with Crippen LogP contribution in [0.3, 0.4) is 0 Å². The number of hydrogen-bond acceptors (Lipinski definition) is 7. The Balaban J connectivity index is 2.39. The van der Waals surface area contributed by atoms with Crippen molar-refractivity contribution in [1.82, 2.24) is 15.2 Å². The number of carbonyl (C=O) groups is 3. The Morgan fingerprint density at radius 1 is 0.600 bits per heavy atom. The average molecular weight is 846 g/mol. The van der Waals surface area contributed by atoms with E-state index >= 15 is 0 Å². The minimum atomic E-state index is -0.537. The number of esters is 2. The molecule has 0 aliphatic rings. The molecule has 1 amide bonds. The van der Waals surface area contributed by atoms with Crippen LogP contribution in [0, 0.1) is 0 Å². The first kappa shape index (κ1) is 55.6. The van der Waals surface area contributed by atoms with Crippen LogP contribution < -0.4 is 5.32 Å². The second-order valence-corrected chi connectivity index (χ2v) is 17.7. The van der Waals surface area contributed by atoms with Crippen molar-refractivity contribution in [2.24, 2.45) is 0 Å². The number of nitrogens with zero attached hydrogens (tertiary/aromatic N) is 1. The number of ether oxygens (including phenoxy) is 2. The summed E-state index contributed by atoms with van der Waals surface area (Å²) in [6.45, 7) is 10.0. The summed E-state index contributed by atoms with van der Waals surface area (Å²) < 4.78 is 11.6. The maximum Gasteiger partial charge on any atom is 0.306 e. The lowest BCUT2D eigenvalue weighted by Gasteiger charge is -2.25. The molecule has 9 nitrogen and oxygen atoms in total. The van der Waals surface area contributed by atoms with Gasteiger partial charge in [0.15, 0.2) is 0 Å². The van der Waals surface area contributed by atoms with Crippen LogP contribution in [0.1, 0.15) is 249 Å². The van der Waals surface area contributed by atoms with Crippen molar-refractivity contribution in [2.45, 2.75) is 251 Å². The van der Waals surface area contributed by atoms with E-state index in [-0.39, 0.29) is 23.9 Å². The summed E-state index contributed by atoms with van der Waals surface area (Å²) in [4.78, 5) is 42.7. The number of carbonyl (C=O) groups excluding carboxylic acids is 3. The number of rotatable bonds is 45. The monoisotopic (exact) mass is 846 g/mol. The predicted octanol–water partition coefficient (Wildman–Crippen LogP) is 13.2. The van der Waals surface area contributed by atoms with Gasteiger partial charge in [0.25, 0.3) is 5.91 Å². The van der Waals surface area contributed by atoms with Gasteiger partial charge < -0.3 is 29.8 Å². The lowest BCUT2D eigenvalue weighted by atomic mass is 10.0. The van der Waals surface area contributed by atoms with Gasteiger partial charge >= 0.3 is 11.9 Å². The second-order valence-electron chi connectivity index (χ2n) is 17.7. The van der Waals surface area contributed by atoms with Crippen molar-refractivity contribution < 1.29 is 29.0 Å². The average Bonchev–Trinajstić information content (AvgIpc) is 3.79. The molecule has 0 saturated carbocycles. The third kappa shape index (κ3) is 35.2. The van der Waals surface area contributed by atoms with Gasteiger partial charge in [0.1, 0.15) is 6.10 Å². The second kappa shape index (κ2) is 41.9. The lowest BCUT2D eigenvalue weighted by Crippen LogP contribution is -2.36. The fraction of sp³-hybridized carbons (Fsp3) is 0.863. The quantitative estimate of drug-likeness (QED) is 0.0441. The fourth-order valence-electron chi connectivity index (χ4n) is 8.00. The first-order chi connectivity index (χ1) is 29.4. The molecule has 1 aromatic heterocycles. The third-order valence-corrected chi connectivity index (χ3v) is 11.9. The molecule has 1 rings (SSSR count). The van der Waals surface area contributed by atoms with E-state index in [1.807, 2.05) is 0 Å². The number of H-pyrrole nitrogens is 1. The Hall–Kier alpha value is -2.39. The van der Waals surface area contributed by atoms with Crippen LogP contribution in [-0.4, -0.2) is 77.8 Å². The highest BCUT2D eigenvalue weighted by atomic mass is 16.5. The molecule has 1 atom stereocenters. The summed E-state index contributed by atoms with van der Waals surface area (Å²) in [6.07, 6.45) is 40.6. The summed E-state index contributed by atoms with van der Waals surface area (Å²) in [5, 5.41) is 13.8. The van der Waals surface area contributed by atoms with E-state index in [1.54, 1.807) is 18.5 Å². The van der Waals surface area contributed by atoms with E-state index < -0.39 is 6.10 Å². The molecular formula is C51H95N3O6. The molecule has 0 spiro atoms. The highest BCUT2D eigenvalue weighted by Crippen LogP contribution is 2.19. The highest BCUT2D eigenvalue weighted by Gasteiger charge is 2.16. The number of unbranched alkanes of at least 4 members (excludes halogenated alkanes) is 24. The van der Waals surface area contributed by atoms with Crippen LogP contribution in [-0.2, 0) is 19.1 Å². The van der Waals surface area contributed by atoms with E-state index in [0.717, 1.165) is 103 Å². The molecule has 0 saturated heterocycles. The number of aliphatic hydroxyl groups is 1. The first-order valence-corrected chi connectivity index (χ1v) is 25.6. The zero-order valence-electron chi connectivity index (χ0n) is 39.4. The van der Waals surface area contributed by atoms with Gasteiger partial charge in [0, 0.05) is 38.3 Å². The van der Waals surface area contributed by atoms with Crippen LogP contribution >= 0.6 is 0 Å². The molecule has 9 heteroatoms. The van der Waals surface area contributed by atoms with Crippen molar-refractivity contribution in [2.75, 3.05) is 32.8 Å². The largest absolute Gasteiger partial charge is 0.466 e. The number of nitrogens with one attached hydrogen (secondary N) is 2. The Labute approximate surface area is 369 Å². The molecule has 0 bridgehead atoms. The molecule has 0 radical (unpaired) electrons. The molecule has 0 fully saturated rings. The third-order valence-electron chi connectivity index (χ3n) is 11.9. The molecule has 0 aliphatic carbocycles. The van der Waals surface area contributed by atoms with Crippen molar-refractivity contribution in [3.63, 3.8) is 0 Å². The molecule has 0 aromatic carbocycles. The van der Waals surface area contributed by atoms with Crippen LogP contribution in [0.15, 0.2) is 18.5 Å². The molecule has 0 aliphatic heterocycles. The molecule has 1 aromatic rings. The van der Waals surface area contributed by atoms with Crippen LogP contribution in [0.4, 0.5) is 0 Å². The molecule has 1 unspecified atom stereocenters. The van der Waals surface area contributed by atoms with Crippen LogP contribution in [0.2, 0.25) is 0 Å². The molecular weight excluding hydrogens is 751 g/mol. The van der Waals surface area contributed by atoms with E-state index in [4.69, 9.17) is 9.47 Å². The summed E-state index contributed by atoms with van der Waals surface area (Å²) in [6, 6.07) is 1.74. The number of aromatic nitrogens is 1. The van der Waals surface area contributed by atoms with E-state index in [9.17, 15) is 19.5 Å². The molecule has 1 heterocycles. The van der Waals surface area contributed by atoms with Crippen LogP contribution in [0.5, 0.6) is 0 Å². The minimum absolute atomic E-state index is 0.0199. The van der Waals surface area contributed by atoms with Crippen molar-refractivity contribution in [3.05, 3.63) is 24.0 Å². The van der Waals surface area contributed by atoms with Gasteiger partial charge in [-0.05, 0) is 83.4 Å². The predicted molar refractivity (Wildman–Crippen MR) is 250 cm³/mol. The van der Waals surface area contributed by atoms with Gasteiger partial charge in [-0.25, -0.2) is 0 Å². The summed E-state index contributed by atoms with van der Waals surface area (Å²) in [5.41, 5.74) is 0.589. The van der Waals surface area contributed by atoms with Gasteiger partial charge in [-0.3, -0.25) is 14.4 Å². The molecule has 350 valence electrons. The lowest BCUT2D eigenvalue weighted by molar-refractivity contribution is -0.150.